The van der Waals surface area contributed by atoms with E-state index in [2.05, 4.69) is 23.6 Å². The zero-order chi connectivity index (χ0) is 17.8. The largest absolute Gasteiger partial charge is 0.387 e. The number of benzene rings is 1. The maximum atomic E-state index is 13.0. The van der Waals surface area contributed by atoms with Gasteiger partial charge in [0.05, 0.1) is 6.10 Å². The Morgan fingerprint density at radius 2 is 1.60 bits per heavy atom. The minimum Gasteiger partial charge on any atom is -0.387 e. The number of hydrogen-bond donors (Lipinski definition) is 1. The summed E-state index contributed by atoms with van der Waals surface area (Å²) in [4.78, 5) is 5.00. The van der Waals surface area contributed by atoms with Gasteiger partial charge in [0.1, 0.15) is 5.82 Å². The summed E-state index contributed by atoms with van der Waals surface area (Å²) in [6.45, 7) is 9.59. The summed E-state index contributed by atoms with van der Waals surface area (Å²) < 4.78 is 13.0. The highest BCUT2D eigenvalue weighted by molar-refractivity contribution is 5.18. The van der Waals surface area contributed by atoms with Gasteiger partial charge in [-0.25, -0.2) is 4.39 Å². The van der Waals surface area contributed by atoms with Crippen molar-refractivity contribution in [2.24, 2.45) is 11.8 Å². The molecule has 2 aliphatic rings. The maximum absolute atomic E-state index is 13.0. The van der Waals surface area contributed by atoms with Gasteiger partial charge in [-0.2, -0.15) is 0 Å². The number of piperazine rings is 1. The Morgan fingerprint density at radius 3 is 2.16 bits per heavy atom. The Hall–Kier alpha value is -0.970. The van der Waals surface area contributed by atoms with Gasteiger partial charge >= 0.3 is 0 Å². The van der Waals surface area contributed by atoms with E-state index in [-0.39, 0.29) is 5.82 Å². The van der Waals surface area contributed by atoms with Crippen LogP contribution in [0, 0.1) is 17.7 Å². The van der Waals surface area contributed by atoms with Gasteiger partial charge in [-0.15, -0.1) is 0 Å². The zero-order valence-electron chi connectivity index (χ0n) is 15.7. The van der Waals surface area contributed by atoms with E-state index < -0.39 is 6.10 Å². The predicted molar refractivity (Wildman–Crippen MR) is 100.0 cm³/mol. The van der Waals surface area contributed by atoms with Crippen LogP contribution in [0.1, 0.15) is 51.2 Å². The lowest BCUT2D eigenvalue weighted by Gasteiger charge is -2.43. The van der Waals surface area contributed by atoms with Gasteiger partial charge in [0.25, 0.3) is 0 Å². The van der Waals surface area contributed by atoms with Crippen molar-refractivity contribution in [3.05, 3.63) is 35.6 Å². The van der Waals surface area contributed by atoms with E-state index in [1.807, 2.05) is 0 Å². The van der Waals surface area contributed by atoms with Gasteiger partial charge in [-0.3, -0.25) is 9.80 Å². The van der Waals surface area contributed by atoms with Crippen LogP contribution in [0.3, 0.4) is 0 Å². The maximum Gasteiger partial charge on any atom is 0.123 e. The van der Waals surface area contributed by atoms with Crippen molar-refractivity contribution >= 4 is 0 Å². The fourth-order valence-electron chi connectivity index (χ4n) is 4.48. The van der Waals surface area contributed by atoms with Crippen molar-refractivity contribution in [1.29, 1.82) is 0 Å². The van der Waals surface area contributed by atoms with E-state index in [1.54, 1.807) is 12.1 Å². The monoisotopic (exact) mass is 348 g/mol. The minimum atomic E-state index is -0.534. The fraction of sp³-hybridized carbons (Fsp3) is 0.714. The average molecular weight is 349 g/mol. The standard InChI is InChI=1S/C21H33FN2O/c1-16(2)17-5-9-20(10-6-17)24-13-11-23(12-14-24)15-21(25)18-3-7-19(22)8-4-18/h3-4,7-8,16-17,20-21,25H,5-6,9-15H2,1-2H3. The molecule has 4 heteroatoms. The lowest BCUT2D eigenvalue weighted by Crippen LogP contribution is -2.51. The fourth-order valence-corrected chi connectivity index (χ4v) is 4.48. The first-order chi connectivity index (χ1) is 12.0. The molecular weight excluding hydrogens is 315 g/mol. The number of β-amino-alcohol motifs (C(OH)–C–C–N with tert-alkyl or cyclic N) is 1. The van der Waals surface area contributed by atoms with Crippen molar-refractivity contribution in [3.8, 4) is 0 Å². The molecule has 0 amide bonds. The van der Waals surface area contributed by atoms with Crippen molar-refractivity contribution in [2.75, 3.05) is 32.7 Å². The Morgan fingerprint density at radius 1 is 1.00 bits per heavy atom. The molecule has 1 heterocycles. The van der Waals surface area contributed by atoms with Crippen LogP contribution in [-0.2, 0) is 0 Å². The summed E-state index contributed by atoms with van der Waals surface area (Å²) in [6, 6.07) is 6.97. The summed E-state index contributed by atoms with van der Waals surface area (Å²) in [5.74, 6) is 1.49. The quantitative estimate of drug-likeness (QED) is 0.879. The minimum absolute atomic E-state index is 0.253. The molecule has 25 heavy (non-hydrogen) atoms. The zero-order valence-corrected chi connectivity index (χ0v) is 15.7. The first kappa shape index (κ1) is 18.8. The van der Waals surface area contributed by atoms with Gasteiger partial charge < -0.3 is 5.11 Å². The molecule has 0 aromatic heterocycles. The molecule has 0 radical (unpaired) electrons. The molecule has 0 spiro atoms. The van der Waals surface area contributed by atoms with Gasteiger partial charge in [0, 0.05) is 38.8 Å². The smallest absolute Gasteiger partial charge is 0.123 e. The van der Waals surface area contributed by atoms with Crippen LogP contribution in [0.15, 0.2) is 24.3 Å². The highest BCUT2D eigenvalue weighted by Gasteiger charge is 2.29. The Labute approximate surface area is 151 Å². The Balaban J connectivity index is 1.42. The van der Waals surface area contributed by atoms with Gasteiger partial charge in [0.2, 0.25) is 0 Å². The van der Waals surface area contributed by atoms with E-state index >= 15 is 0 Å². The molecule has 3 nitrogen and oxygen atoms in total. The van der Waals surface area contributed by atoms with Gasteiger partial charge in [-0.05, 0) is 55.2 Å². The molecule has 1 aromatic carbocycles. The van der Waals surface area contributed by atoms with Crippen LogP contribution in [0.2, 0.25) is 0 Å². The van der Waals surface area contributed by atoms with Crippen LogP contribution in [0.25, 0.3) is 0 Å². The molecule has 1 unspecified atom stereocenters. The van der Waals surface area contributed by atoms with Crippen LogP contribution < -0.4 is 0 Å². The molecule has 1 N–H and O–H groups in total. The van der Waals surface area contributed by atoms with Crippen molar-refractivity contribution in [3.63, 3.8) is 0 Å². The molecule has 0 bridgehead atoms. The van der Waals surface area contributed by atoms with Crippen molar-refractivity contribution < 1.29 is 9.50 Å². The van der Waals surface area contributed by atoms with E-state index in [4.69, 9.17) is 0 Å². The third-order valence-electron chi connectivity index (χ3n) is 6.29. The lowest BCUT2D eigenvalue weighted by atomic mass is 9.79. The molecule has 1 aliphatic carbocycles. The molecule has 1 aliphatic heterocycles. The first-order valence-corrected chi connectivity index (χ1v) is 9.93. The Bertz CT molecular complexity index is 517. The number of aliphatic hydroxyl groups excluding tert-OH is 1. The normalized spacial score (nSPS) is 27.6. The second-order valence-corrected chi connectivity index (χ2v) is 8.22. The van der Waals surface area contributed by atoms with Crippen molar-refractivity contribution in [1.82, 2.24) is 9.80 Å². The van der Waals surface area contributed by atoms with Crippen LogP contribution in [-0.4, -0.2) is 53.7 Å². The number of nitrogens with zero attached hydrogens (tertiary/aromatic N) is 2. The van der Waals surface area contributed by atoms with Crippen LogP contribution in [0.5, 0.6) is 0 Å². The first-order valence-electron chi connectivity index (χ1n) is 9.93. The van der Waals surface area contributed by atoms with E-state index in [1.165, 1.54) is 37.8 Å². The van der Waals surface area contributed by atoms with Crippen LogP contribution >= 0.6 is 0 Å². The second kappa shape index (κ2) is 8.61. The number of hydrogen-bond acceptors (Lipinski definition) is 3. The topological polar surface area (TPSA) is 26.7 Å². The van der Waals surface area contributed by atoms with E-state index in [0.29, 0.717) is 6.54 Å². The average Bonchev–Trinajstić information content (AvgIpc) is 2.63. The molecular formula is C21H33FN2O. The molecule has 2 fully saturated rings. The summed E-state index contributed by atoms with van der Waals surface area (Å²) in [5, 5.41) is 10.4. The highest BCUT2D eigenvalue weighted by Crippen LogP contribution is 2.32. The van der Waals surface area contributed by atoms with E-state index in [0.717, 1.165) is 49.6 Å². The van der Waals surface area contributed by atoms with Crippen LogP contribution in [0.4, 0.5) is 4.39 Å². The molecule has 1 saturated heterocycles. The van der Waals surface area contributed by atoms with E-state index in [9.17, 15) is 9.50 Å². The molecule has 1 aromatic rings. The second-order valence-electron chi connectivity index (χ2n) is 8.22. The highest BCUT2D eigenvalue weighted by atomic mass is 19.1. The molecule has 1 saturated carbocycles. The predicted octanol–water partition coefficient (Wildman–Crippen LogP) is 3.69. The summed E-state index contributed by atoms with van der Waals surface area (Å²) in [6.07, 6.45) is 4.92. The molecule has 1 atom stereocenters. The number of halogens is 1. The SMILES string of the molecule is CC(C)C1CCC(N2CCN(CC(O)c3ccc(F)cc3)CC2)CC1. The van der Waals surface area contributed by atoms with Gasteiger partial charge in [-0.1, -0.05) is 26.0 Å². The van der Waals surface area contributed by atoms with Crippen molar-refractivity contribution in [2.45, 2.75) is 51.7 Å². The summed E-state index contributed by atoms with van der Waals surface area (Å²) in [5.41, 5.74) is 0.802. The molecule has 3 rings (SSSR count). The Kier molecular flexibility index (Phi) is 6.48. The summed E-state index contributed by atoms with van der Waals surface area (Å²) >= 11 is 0. The third kappa shape index (κ3) is 5.02. The molecule has 140 valence electrons. The number of aliphatic hydroxyl groups is 1. The third-order valence-corrected chi connectivity index (χ3v) is 6.29. The summed E-state index contributed by atoms with van der Waals surface area (Å²) in [7, 11) is 0. The number of rotatable bonds is 5. The lowest BCUT2D eigenvalue weighted by molar-refractivity contribution is 0.0405. The van der Waals surface area contributed by atoms with Gasteiger partial charge in [0.15, 0.2) is 0 Å².